The molecule has 1 aromatic rings. The van der Waals surface area contributed by atoms with Crippen LogP contribution in [0.1, 0.15) is 50.3 Å². The molecule has 96 valence electrons. The zero-order valence-corrected chi connectivity index (χ0v) is 12.2. The van der Waals surface area contributed by atoms with Gasteiger partial charge in [0.2, 0.25) is 0 Å². The van der Waals surface area contributed by atoms with Crippen molar-refractivity contribution in [2.75, 3.05) is 0 Å². The van der Waals surface area contributed by atoms with Crippen molar-refractivity contribution < 1.29 is 0 Å². The Kier molecular flexibility index (Phi) is 5.64. The molecule has 0 aromatic heterocycles. The Morgan fingerprint density at radius 2 is 1.83 bits per heavy atom. The van der Waals surface area contributed by atoms with E-state index in [-0.39, 0.29) is 0 Å². The highest BCUT2D eigenvalue weighted by Crippen LogP contribution is 2.25. The molecule has 0 aliphatic rings. The number of benzene rings is 1. The van der Waals surface area contributed by atoms with Crippen LogP contribution in [-0.2, 0) is 0 Å². The van der Waals surface area contributed by atoms with Crippen LogP contribution in [0.4, 0.5) is 0 Å². The smallest absolute Gasteiger partial charge is 0.0181 e. The molecule has 0 aliphatic heterocycles. The Bertz CT molecular complexity index is 471. The van der Waals surface area contributed by atoms with Gasteiger partial charge in [-0.15, -0.1) is 0 Å². The Morgan fingerprint density at radius 3 is 2.39 bits per heavy atom. The summed E-state index contributed by atoms with van der Waals surface area (Å²) in [7, 11) is 0. The van der Waals surface area contributed by atoms with Crippen LogP contribution in [0.3, 0.4) is 0 Å². The number of hydrogen-bond donors (Lipinski definition) is 0. The topological polar surface area (TPSA) is 0 Å². The van der Waals surface area contributed by atoms with E-state index >= 15 is 0 Å². The Morgan fingerprint density at radius 1 is 1.11 bits per heavy atom. The van der Waals surface area contributed by atoms with Crippen molar-refractivity contribution >= 4 is 5.57 Å². The fourth-order valence-electron chi connectivity index (χ4n) is 2.07. The van der Waals surface area contributed by atoms with Crippen LogP contribution in [0.25, 0.3) is 5.57 Å². The van der Waals surface area contributed by atoms with Gasteiger partial charge in [0, 0.05) is 0 Å². The van der Waals surface area contributed by atoms with Crippen molar-refractivity contribution in [1.29, 1.82) is 0 Å². The molecule has 0 unspecified atom stereocenters. The molecule has 0 amide bonds. The summed E-state index contributed by atoms with van der Waals surface area (Å²) in [5.74, 6) is 0.568. The van der Waals surface area contributed by atoms with Gasteiger partial charge in [-0.2, -0.15) is 0 Å². The minimum atomic E-state index is 0.568. The summed E-state index contributed by atoms with van der Waals surface area (Å²) in [5.41, 5.74) is 5.36. The van der Waals surface area contributed by atoms with Gasteiger partial charge in [0.1, 0.15) is 0 Å². The lowest BCUT2D eigenvalue weighted by Crippen LogP contribution is -1.94. The van der Waals surface area contributed by atoms with Gasteiger partial charge in [-0.05, 0) is 49.0 Å². The van der Waals surface area contributed by atoms with Gasteiger partial charge in [0.25, 0.3) is 0 Å². The molecule has 0 bridgehead atoms. The van der Waals surface area contributed by atoms with E-state index in [4.69, 9.17) is 0 Å². The first-order valence-electron chi connectivity index (χ1n) is 6.66. The molecule has 0 aliphatic carbocycles. The number of rotatable bonds is 4. The van der Waals surface area contributed by atoms with E-state index in [0.717, 1.165) is 0 Å². The van der Waals surface area contributed by atoms with Gasteiger partial charge in [0.05, 0.1) is 0 Å². The minimum Gasteiger partial charge on any atom is -0.0876 e. The largest absolute Gasteiger partial charge is 0.0876 e. The maximum Gasteiger partial charge on any atom is -0.0181 e. The Hall–Kier alpha value is -1.56. The van der Waals surface area contributed by atoms with E-state index in [1.165, 1.54) is 22.3 Å². The van der Waals surface area contributed by atoms with E-state index in [0.29, 0.717) is 5.92 Å². The summed E-state index contributed by atoms with van der Waals surface area (Å²) < 4.78 is 0. The van der Waals surface area contributed by atoms with Crippen LogP contribution >= 0.6 is 0 Å². The van der Waals surface area contributed by atoms with Crippen molar-refractivity contribution in [1.82, 2.24) is 0 Å². The molecule has 0 nitrogen and oxygen atoms in total. The van der Waals surface area contributed by atoms with Crippen LogP contribution in [0.5, 0.6) is 0 Å². The lowest BCUT2D eigenvalue weighted by atomic mass is 9.93. The van der Waals surface area contributed by atoms with Gasteiger partial charge in [-0.1, -0.05) is 62.4 Å². The summed E-state index contributed by atoms with van der Waals surface area (Å²) in [5, 5.41) is 0. The molecular formula is C18H24. The summed E-state index contributed by atoms with van der Waals surface area (Å²) in [6.45, 7) is 10.8. The first-order valence-corrected chi connectivity index (χ1v) is 6.66. The highest BCUT2D eigenvalue weighted by atomic mass is 14.1. The van der Waals surface area contributed by atoms with Gasteiger partial charge in [0.15, 0.2) is 0 Å². The number of allylic oxidation sites excluding steroid dienone is 6. The van der Waals surface area contributed by atoms with E-state index in [2.05, 4.69) is 76.3 Å². The second-order valence-corrected chi connectivity index (χ2v) is 4.87. The summed E-state index contributed by atoms with van der Waals surface area (Å²) in [6, 6.07) is 6.74. The molecule has 0 heterocycles. The van der Waals surface area contributed by atoms with Crippen LogP contribution in [0.15, 0.2) is 48.6 Å². The fourth-order valence-corrected chi connectivity index (χ4v) is 2.07. The van der Waals surface area contributed by atoms with Crippen molar-refractivity contribution in [3.05, 3.63) is 65.3 Å². The van der Waals surface area contributed by atoms with Crippen LogP contribution < -0.4 is 0 Å². The molecule has 1 aromatic carbocycles. The summed E-state index contributed by atoms with van der Waals surface area (Å²) >= 11 is 0. The van der Waals surface area contributed by atoms with Crippen LogP contribution in [0, 0.1) is 6.92 Å². The standard InChI is InChI=1S/C18H24/c1-6-8-10-16(9-7-2)17-12-11-15(5)18(13-17)14(3)4/h6-14H,1-5H3/b8-6-,9-7-,16-10+. The molecule has 0 radical (unpaired) electrons. The molecule has 0 N–H and O–H groups in total. The van der Waals surface area contributed by atoms with Crippen molar-refractivity contribution in [3.63, 3.8) is 0 Å². The highest BCUT2D eigenvalue weighted by Gasteiger charge is 2.05. The third-order valence-corrected chi connectivity index (χ3v) is 3.05. The lowest BCUT2D eigenvalue weighted by molar-refractivity contribution is 0.856. The summed E-state index contributed by atoms with van der Waals surface area (Å²) in [6.07, 6.45) is 10.6. The average molecular weight is 240 g/mol. The first-order chi connectivity index (χ1) is 8.60. The molecule has 0 fully saturated rings. The fraction of sp³-hybridized carbons (Fsp3) is 0.333. The monoisotopic (exact) mass is 240 g/mol. The van der Waals surface area contributed by atoms with Crippen molar-refractivity contribution in [2.45, 2.75) is 40.5 Å². The van der Waals surface area contributed by atoms with Gasteiger partial charge in [-0.3, -0.25) is 0 Å². The molecule has 0 saturated heterocycles. The SMILES string of the molecule is C\C=C/C=C(\C=C/C)c1ccc(C)c(C(C)C)c1. The Balaban J connectivity index is 3.25. The normalized spacial score (nSPS) is 13.1. The van der Waals surface area contributed by atoms with Crippen LogP contribution in [-0.4, -0.2) is 0 Å². The third-order valence-electron chi connectivity index (χ3n) is 3.05. The molecule has 0 saturated carbocycles. The molecule has 0 spiro atoms. The predicted molar refractivity (Wildman–Crippen MR) is 82.9 cm³/mol. The quantitative estimate of drug-likeness (QED) is 0.596. The highest BCUT2D eigenvalue weighted by molar-refractivity contribution is 5.75. The van der Waals surface area contributed by atoms with E-state index in [9.17, 15) is 0 Å². The van der Waals surface area contributed by atoms with Crippen LogP contribution in [0.2, 0.25) is 0 Å². The number of hydrogen-bond acceptors (Lipinski definition) is 0. The maximum absolute atomic E-state index is 2.31. The zero-order valence-electron chi connectivity index (χ0n) is 12.2. The molecule has 1 rings (SSSR count). The molecule has 18 heavy (non-hydrogen) atoms. The van der Waals surface area contributed by atoms with E-state index in [1.807, 2.05) is 6.92 Å². The second-order valence-electron chi connectivity index (χ2n) is 4.87. The average Bonchev–Trinajstić information content (AvgIpc) is 2.35. The third kappa shape index (κ3) is 3.73. The van der Waals surface area contributed by atoms with E-state index < -0.39 is 0 Å². The van der Waals surface area contributed by atoms with E-state index in [1.54, 1.807) is 0 Å². The molecular weight excluding hydrogens is 216 g/mol. The first kappa shape index (κ1) is 14.5. The maximum atomic E-state index is 2.31. The van der Waals surface area contributed by atoms with Gasteiger partial charge < -0.3 is 0 Å². The Labute approximate surface area is 112 Å². The van der Waals surface area contributed by atoms with Gasteiger partial charge >= 0.3 is 0 Å². The van der Waals surface area contributed by atoms with Crippen molar-refractivity contribution in [2.24, 2.45) is 0 Å². The second kappa shape index (κ2) is 7.00. The molecule has 0 atom stereocenters. The summed E-state index contributed by atoms with van der Waals surface area (Å²) in [4.78, 5) is 0. The molecule has 0 heteroatoms. The lowest BCUT2D eigenvalue weighted by Gasteiger charge is -2.12. The van der Waals surface area contributed by atoms with Gasteiger partial charge in [-0.25, -0.2) is 0 Å². The predicted octanol–water partition coefficient (Wildman–Crippen LogP) is 5.65. The minimum absolute atomic E-state index is 0.568. The zero-order chi connectivity index (χ0) is 13.5. The van der Waals surface area contributed by atoms with Crippen molar-refractivity contribution in [3.8, 4) is 0 Å². The number of aryl methyl sites for hydroxylation is 1.